The maximum atomic E-state index is 10.3. The van der Waals surface area contributed by atoms with Crippen molar-refractivity contribution >= 4 is 33.2 Å². The van der Waals surface area contributed by atoms with E-state index in [1.807, 2.05) is 0 Å². The number of benzene rings is 1. The van der Waals surface area contributed by atoms with Crippen LogP contribution in [0.4, 0.5) is 0 Å². The molecule has 1 aromatic carbocycles. The Labute approximate surface area is 97.8 Å². The van der Waals surface area contributed by atoms with Crippen LogP contribution in [-0.2, 0) is 10.1 Å². The van der Waals surface area contributed by atoms with Crippen molar-refractivity contribution in [3.63, 3.8) is 0 Å². The van der Waals surface area contributed by atoms with E-state index in [-0.39, 0.29) is 44.9 Å². The molecule has 0 atom stereocenters. The summed E-state index contributed by atoms with van der Waals surface area (Å²) in [6.07, 6.45) is 0. The average Bonchev–Trinajstić information content (AvgIpc) is 1.88. The van der Waals surface area contributed by atoms with Crippen molar-refractivity contribution in [2.24, 2.45) is 0 Å². The molecule has 0 aliphatic carbocycles. The van der Waals surface area contributed by atoms with Crippen LogP contribution in [-0.4, -0.2) is 36.0 Å². The SMILES string of the molecule is O=S(=O)([O-])c1ccccc1.[Br-].[Mg+2]. The first-order valence-corrected chi connectivity index (χ1v) is 4.02. The summed E-state index contributed by atoms with van der Waals surface area (Å²) in [5.41, 5.74) is 0. The monoisotopic (exact) mass is 260 g/mol. The summed E-state index contributed by atoms with van der Waals surface area (Å²) in [5, 5.41) is 0. The van der Waals surface area contributed by atoms with Crippen LogP contribution in [0.3, 0.4) is 0 Å². The molecule has 12 heavy (non-hydrogen) atoms. The molecule has 62 valence electrons. The molecule has 0 aliphatic rings. The average molecular weight is 261 g/mol. The van der Waals surface area contributed by atoms with Gasteiger partial charge in [-0.2, -0.15) is 0 Å². The van der Waals surface area contributed by atoms with E-state index in [0.29, 0.717) is 0 Å². The van der Waals surface area contributed by atoms with Crippen LogP contribution in [0.1, 0.15) is 0 Å². The molecule has 0 aliphatic heterocycles. The van der Waals surface area contributed by atoms with Gasteiger partial charge in [-0.25, -0.2) is 8.42 Å². The standard InChI is InChI=1S/C6H6O3S.BrH.Mg/c7-10(8,9)6-4-2-1-3-5-6;;/h1-5H,(H,7,8,9);1H;/q;;+2/p-2. The molecule has 1 rings (SSSR count). The van der Waals surface area contributed by atoms with E-state index in [1.54, 1.807) is 6.07 Å². The third kappa shape index (κ3) is 4.41. The summed E-state index contributed by atoms with van der Waals surface area (Å²) >= 11 is 0. The zero-order valence-electron chi connectivity index (χ0n) is 6.10. The second-order valence-electron chi connectivity index (χ2n) is 1.77. The molecule has 0 saturated heterocycles. The van der Waals surface area contributed by atoms with Crippen molar-refractivity contribution in [2.75, 3.05) is 0 Å². The van der Waals surface area contributed by atoms with Crippen molar-refractivity contribution in [3.8, 4) is 0 Å². The van der Waals surface area contributed by atoms with E-state index in [1.165, 1.54) is 24.3 Å². The molecule has 0 N–H and O–H groups in total. The van der Waals surface area contributed by atoms with Gasteiger partial charge in [0.15, 0.2) is 0 Å². The molecular formula is C6H5BrMgO3S. The second-order valence-corrected chi connectivity index (χ2v) is 3.15. The van der Waals surface area contributed by atoms with Crippen LogP contribution < -0.4 is 17.0 Å². The van der Waals surface area contributed by atoms with Crippen LogP contribution in [0.25, 0.3) is 0 Å². The van der Waals surface area contributed by atoms with E-state index in [9.17, 15) is 13.0 Å². The predicted octanol–water partition coefficient (Wildman–Crippen LogP) is -2.79. The first-order valence-electron chi connectivity index (χ1n) is 2.61. The molecule has 0 spiro atoms. The van der Waals surface area contributed by atoms with E-state index in [0.717, 1.165) is 0 Å². The summed E-state index contributed by atoms with van der Waals surface area (Å²) in [6.45, 7) is 0. The molecule has 0 aromatic heterocycles. The van der Waals surface area contributed by atoms with Crippen molar-refractivity contribution in [2.45, 2.75) is 4.90 Å². The van der Waals surface area contributed by atoms with Crippen LogP contribution in [0.2, 0.25) is 0 Å². The molecule has 1 aromatic rings. The first-order chi connectivity index (χ1) is 4.61. The van der Waals surface area contributed by atoms with Gasteiger partial charge in [-0.1, -0.05) is 18.2 Å². The van der Waals surface area contributed by atoms with Crippen LogP contribution >= 0.6 is 0 Å². The van der Waals surface area contributed by atoms with Crippen LogP contribution in [0.5, 0.6) is 0 Å². The van der Waals surface area contributed by atoms with E-state index in [4.69, 9.17) is 0 Å². The van der Waals surface area contributed by atoms with Crippen LogP contribution in [0, 0.1) is 0 Å². The van der Waals surface area contributed by atoms with Gasteiger partial charge in [0, 0.05) is 0 Å². The maximum absolute atomic E-state index is 10.3. The summed E-state index contributed by atoms with van der Waals surface area (Å²) in [6, 6.07) is 7.19. The molecule has 0 radical (unpaired) electrons. The molecular weight excluding hydrogens is 256 g/mol. The quantitative estimate of drug-likeness (QED) is 0.406. The number of hydrogen-bond acceptors (Lipinski definition) is 3. The van der Waals surface area contributed by atoms with Crippen molar-refractivity contribution in [1.82, 2.24) is 0 Å². The van der Waals surface area contributed by atoms with Gasteiger partial charge in [0.05, 0.1) is 4.90 Å². The minimum atomic E-state index is -4.25. The van der Waals surface area contributed by atoms with E-state index < -0.39 is 10.1 Å². The smallest absolute Gasteiger partial charge is 1.00 e. The zero-order chi connectivity index (χ0) is 7.61. The molecule has 0 unspecified atom stereocenters. The van der Waals surface area contributed by atoms with Crippen LogP contribution in [0.15, 0.2) is 35.2 Å². The third-order valence-electron chi connectivity index (χ3n) is 1.03. The van der Waals surface area contributed by atoms with Gasteiger partial charge in [0.1, 0.15) is 10.1 Å². The molecule has 6 heteroatoms. The summed E-state index contributed by atoms with van der Waals surface area (Å²) in [4.78, 5) is -0.185. The minimum absolute atomic E-state index is 0. The largest absolute Gasteiger partial charge is 2.00 e. The van der Waals surface area contributed by atoms with Gasteiger partial charge >= 0.3 is 23.1 Å². The fourth-order valence-corrected chi connectivity index (χ4v) is 1.08. The molecule has 3 nitrogen and oxygen atoms in total. The van der Waals surface area contributed by atoms with E-state index >= 15 is 0 Å². The Morgan fingerprint density at radius 3 is 1.75 bits per heavy atom. The molecule has 0 saturated carbocycles. The molecule has 0 amide bonds. The third-order valence-corrected chi connectivity index (χ3v) is 1.88. The Bertz CT molecular complexity index is 311. The van der Waals surface area contributed by atoms with Gasteiger partial charge in [0.25, 0.3) is 0 Å². The van der Waals surface area contributed by atoms with Crippen molar-refractivity contribution in [1.29, 1.82) is 0 Å². The number of rotatable bonds is 1. The fourth-order valence-electron chi connectivity index (χ4n) is 0.587. The molecule has 0 bridgehead atoms. The van der Waals surface area contributed by atoms with Gasteiger partial charge in [-0.15, -0.1) is 0 Å². The van der Waals surface area contributed by atoms with Crippen molar-refractivity contribution < 1.29 is 30.0 Å². The molecule has 0 heterocycles. The van der Waals surface area contributed by atoms with Gasteiger partial charge in [0.2, 0.25) is 0 Å². The summed E-state index contributed by atoms with van der Waals surface area (Å²) < 4.78 is 30.8. The number of halogens is 1. The summed E-state index contributed by atoms with van der Waals surface area (Å²) in [5.74, 6) is 0. The Balaban J connectivity index is 0. The number of hydrogen-bond donors (Lipinski definition) is 0. The Kier molecular flexibility index (Phi) is 7.35. The van der Waals surface area contributed by atoms with Gasteiger partial charge < -0.3 is 21.5 Å². The zero-order valence-corrected chi connectivity index (χ0v) is 9.92. The second kappa shape index (κ2) is 5.93. The Morgan fingerprint density at radius 1 is 1.08 bits per heavy atom. The predicted molar refractivity (Wildman–Crippen MR) is 40.2 cm³/mol. The van der Waals surface area contributed by atoms with Gasteiger partial charge in [-0.3, -0.25) is 0 Å². The normalized spacial score (nSPS) is 9.42. The minimum Gasteiger partial charge on any atom is -1.00 e. The Hall–Kier alpha value is 0.376. The summed E-state index contributed by atoms with van der Waals surface area (Å²) in [7, 11) is -4.25. The first kappa shape index (κ1) is 14.9. The topological polar surface area (TPSA) is 57.2 Å². The van der Waals surface area contributed by atoms with Crippen molar-refractivity contribution in [3.05, 3.63) is 30.3 Å². The van der Waals surface area contributed by atoms with E-state index in [2.05, 4.69) is 0 Å². The molecule has 0 fully saturated rings. The maximum Gasteiger partial charge on any atom is 2.00 e. The Morgan fingerprint density at radius 2 is 1.50 bits per heavy atom. The van der Waals surface area contributed by atoms with Gasteiger partial charge in [-0.05, 0) is 12.1 Å². The fraction of sp³-hybridized carbons (Fsp3) is 0.